The SMILES string of the molecule is BC(O)(O)n1nc(C(C)(C)N/N=C\C=N)cc1Nc1ncc(C(F)(F)F)c(NCC)n1. The molecule has 0 aliphatic carbocycles. The first-order valence-electron chi connectivity index (χ1n) is 9.09. The van der Waals surface area contributed by atoms with E-state index in [4.69, 9.17) is 5.41 Å². The van der Waals surface area contributed by atoms with E-state index in [0.717, 1.165) is 18.7 Å². The smallest absolute Gasteiger partial charge is 0.370 e. The fourth-order valence-electron chi connectivity index (χ4n) is 2.46. The molecule has 0 atom stereocenters. The summed E-state index contributed by atoms with van der Waals surface area (Å²) in [6.45, 7) is 5.22. The standard InChI is InChI=1S/C16H23BF3N9O2/c1-4-22-12-9(15(18,19)20)8-23-13(26-12)25-11-7-10(27-29(11)16(17,30)31)14(2,3)28-24-6-5-21/h5-8,21,28,30-31H,4,17H2,1-3H3,(H2,22,23,25,26)/b21-5?,24-6-. The van der Waals surface area contributed by atoms with E-state index in [1.165, 1.54) is 12.3 Å². The van der Waals surface area contributed by atoms with Crippen LogP contribution in [0.4, 0.5) is 30.8 Å². The van der Waals surface area contributed by atoms with Gasteiger partial charge in [-0.25, -0.2) is 9.67 Å². The van der Waals surface area contributed by atoms with Crippen LogP contribution in [0.1, 0.15) is 32.0 Å². The molecule has 0 bridgehead atoms. The quantitative estimate of drug-likeness (QED) is 0.142. The normalized spacial score (nSPS) is 12.8. The number of halogens is 3. The molecule has 11 nitrogen and oxygen atoms in total. The van der Waals surface area contributed by atoms with Crippen LogP contribution in [0.2, 0.25) is 0 Å². The van der Waals surface area contributed by atoms with Gasteiger partial charge >= 0.3 is 6.18 Å². The second-order valence-electron chi connectivity index (χ2n) is 7.09. The van der Waals surface area contributed by atoms with E-state index in [2.05, 4.69) is 36.2 Å². The fourth-order valence-corrected chi connectivity index (χ4v) is 2.46. The molecule has 2 rings (SSSR count). The molecule has 2 aromatic rings. The topological polar surface area (TPSA) is 156 Å². The summed E-state index contributed by atoms with van der Waals surface area (Å²) in [6.07, 6.45) is -1.84. The van der Waals surface area contributed by atoms with Gasteiger partial charge in [-0.2, -0.15) is 28.4 Å². The molecule has 0 unspecified atom stereocenters. The predicted octanol–water partition coefficient (Wildman–Crippen LogP) is 0.513. The lowest BCUT2D eigenvalue weighted by Gasteiger charge is -2.22. The number of aliphatic hydroxyl groups is 2. The Labute approximate surface area is 176 Å². The Morgan fingerprint density at radius 2 is 2.00 bits per heavy atom. The lowest BCUT2D eigenvalue weighted by atomic mass is 10.0. The summed E-state index contributed by atoms with van der Waals surface area (Å²) >= 11 is 0. The molecule has 0 aromatic carbocycles. The van der Waals surface area contributed by atoms with E-state index >= 15 is 0 Å². The van der Waals surface area contributed by atoms with Crippen molar-refractivity contribution in [2.24, 2.45) is 5.10 Å². The predicted molar refractivity (Wildman–Crippen MR) is 111 cm³/mol. The van der Waals surface area contributed by atoms with Crippen molar-refractivity contribution in [1.82, 2.24) is 25.2 Å². The van der Waals surface area contributed by atoms with Crippen LogP contribution in [0.3, 0.4) is 0 Å². The highest BCUT2D eigenvalue weighted by Gasteiger charge is 2.35. The molecule has 2 heterocycles. The summed E-state index contributed by atoms with van der Waals surface area (Å²) in [5, 5.41) is 40.3. The van der Waals surface area contributed by atoms with Crippen LogP contribution in [0, 0.1) is 5.41 Å². The van der Waals surface area contributed by atoms with Crippen LogP contribution in [-0.4, -0.2) is 56.8 Å². The number of aromatic nitrogens is 4. The van der Waals surface area contributed by atoms with Crippen molar-refractivity contribution in [1.29, 1.82) is 5.41 Å². The number of hydrazone groups is 1. The molecule has 168 valence electrons. The van der Waals surface area contributed by atoms with Gasteiger partial charge in [-0.15, -0.1) is 0 Å². The highest BCUT2D eigenvalue weighted by atomic mass is 19.4. The average Bonchev–Trinajstić information content (AvgIpc) is 3.06. The Hall–Kier alpha value is -3.20. The van der Waals surface area contributed by atoms with Gasteiger partial charge in [0.1, 0.15) is 17.2 Å². The van der Waals surface area contributed by atoms with Crippen LogP contribution in [-0.2, 0) is 17.5 Å². The van der Waals surface area contributed by atoms with Gasteiger partial charge in [-0.1, -0.05) is 0 Å². The summed E-state index contributed by atoms with van der Waals surface area (Å²) in [4.78, 5) is 7.55. The molecule has 0 fully saturated rings. The molecular weight excluding hydrogens is 418 g/mol. The van der Waals surface area contributed by atoms with Crippen LogP contribution in [0.15, 0.2) is 17.4 Å². The minimum Gasteiger partial charge on any atom is -0.370 e. The second kappa shape index (κ2) is 8.89. The second-order valence-corrected chi connectivity index (χ2v) is 7.09. The number of rotatable bonds is 9. The molecule has 0 saturated heterocycles. The summed E-state index contributed by atoms with van der Waals surface area (Å²) in [5.74, 6) is -3.06. The minimum absolute atomic E-state index is 0.00983. The third kappa shape index (κ3) is 5.91. The van der Waals surface area contributed by atoms with E-state index in [1.807, 2.05) is 0 Å². The Bertz CT molecular complexity index is 955. The molecule has 0 spiro atoms. The van der Waals surface area contributed by atoms with Crippen molar-refractivity contribution in [2.45, 2.75) is 38.3 Å². The van der Waals surface area contributed by atoms with Gasteiger partial charge in [0, 0.05) is 25.0 Å². The summed E-state index contributed by atoms with van der Waals surface area (Å²) in [6, 6.07) is 1.44. The third-order valence-electron chi connectivity index (χ3n) is 3.92. The molecule has 0 saturated carbocycles. The maximum atomic E-state index is 13.2. The summed E-state index contributed by atoms with van der Waals surface area (Å²) in [7, 11) is 1.06. The monoisotopic (exact) mass is 441 g/mol. The number of anilines is 3. The molecule has 6 N–H and O–H groups in total. The average molecular weight is 441 g/mol. The van der Waals surface area contributed by atoms with Crippen LogP contribution in [0.5, 0.6) is 0 Å². The van der Waals surface area contributed by atoms with Gasteiger partial charge in [0.15, 0.2) is 0 Å². The molecule has 0 radical (unpaired) electrons. The number of nitrogens with one attached hydrogen (secondary N) is 4. The number of hydrogen-bond donors (Lipinski definition) is 6. The molecule has 15 heteroatoms. The van der Waals surface area contributed by atoms with Gasteiger partial charge in [0.2, 0.25) is 19.6 Å². The first-order valence-corrected chi connectivity index (χ1v) is 9.09. The maximum Gasteiger partial charge on any atom is 0.421 e. The van der Waals surface area contributed by atoms with E-state index < -0.39 is 28.9 Å². The molecule has 0 aliphatic rings. The van der Waals surface area contributed by atoms with E-state index in [-0.39, 0.29) is 18.3 Å². The number of hydrogen-bond acceptors (Lipinski definition) is 10. The highest BCUT2D eigenvalue weighted by Crippen LogP contribution is 2.34. The summed E-state index contributed by atoms with van der Waals surface area (Å²) in [5.41, 5.74) is 1.15. The van der Waals surface area contributed by atoms with Crippen molar-refractivity contribution >= 4 is 37.9 Å². The zero-order valence-corrected chi connectivity index (χ0v) is 17.3. The maximum absolute atomic E-state index is 13.2. The fraction of sp³-hybridized carbons (Fsp3) is 0.438. The first-order chi connectivity index (χ1) is 14.3. The molecule has 2 aromatic heterocycles. The van der Waals surface area contributed by atoms with Crippen molar-refractivity contribution in [3.05, 3.63) is 23.5 Å². The lowest BCUT2D eigenvalue weighted by molar-refractivity contribution is -0.158. The zero-order valence-electron chi connectivity index (χ0n) is 17.3. The first kappa shape index (κ1) is 24.1. The Morgan fingerprint density at radius 3 is 2.55 bits per heavy atom. The van der Waals surface area contributed by atoms with Gasteiger partial charge in [0.05, 0.1) is 17.4 Å². The molecular formula is C16H23BF3N9O2. The van der Waals surface area contributed by atoms with E-state index in [9.17, 15) is 23.4 Å². The van der Waals surface area contributed by atoms with Crippen molar-refractivity contribution in [2.75, 3.05) is 17.2 Å². The van der Waals surface area contributed by atoms with Gasteiger partial charge in [0.25, 0.3) is 0 Å². The van der Waals surface area contributed by atoms with Gasteiger partial charge in [-0.3, -0.25) is 5.43 Å². The van der Waals surface area contributed by atoms with Crippen molar-refractivity contribution < 1.29 is 23.4 Å². The van der Waals surface area contributed by atoms with Gasteiger partial charge in [-0.05, 0) is 20.8 Å². The third-order valence-corrected chi connectivity index (χ3v) is 3.92. The summed E-state index contributed by atoms with van der Waals surface area (Å²) < 4.78 is 40.3. The largest absolute Gasteiger partial charge is 0.421 e. The van der Waals surface area contributed by atoms with Gasteiger partial charge < -0.3 is 26.3 Å². The molecule has 31 heavy (non-hydrogen) atoms. The molecule has 0 amide bonds. The number of alkyl halides is 3. The zero-order chi connectivity index (χ0) is 23.4. The Balaban J connectivity index is 2.46. The van der Waals surface area contributed by atoms with Crippen LogP contribution < -0.4 is 16.1 Å². The Morgan fingerprint density at radius 1 is 1.32 bits per heavy atom. The van der Waals surface area contributed by atoms with Crippen molar-refractivity contribution in [3.63, 3.8) is 0 Å². The van der Waals surface area contributed by atoms with E-state index in [1.54, 1.807) is 20.8 Å². The highest BCUT2D eigenvalue weighted by molar-refractivity contribution is 6.14. The minimum atomic E-state index is -4.65. The van der Waals surface area contributed by atoms with Crippen molar-refractivity contribution in [3.8, 4) is 0 Å². The number of nitrogens with zero attached hydrogens (tertiary/aromatic N) is 5. The lowest BCUT2D eigenvalue weighted by Crippen LogP contribution is -2.37. The molecule has 0 aliphatic heterocycles. The Kier molecular flexibility index (Phi) is 6.91. The van der Waals surface area contributed by atoms with Crippen LogP contribution in [0.25, 0.3) is 0 Å². The van der Waals surface area contributed by atoms with E-state index in [0.29, 0.717) is 11.9 Å². The van der Waals surface area contributed by atoms with Crippen LogP contribution >= 0.6 is 0 Å².